The van der Waals surface area contributed by atoms with Crippen LogP contribution in [0.3, 0.4) is 0 Å². The highest BCUT2D eigenvalue weighted by atomic mass is 15.3. The number of likely N-dealkylation sites (N-methyl/N-ethyl adjacent to an activating group) is 1. The highest BCUT2D eigenvalue weighted by Crippen LogP contribution is 2.17. The monoisotopic (exact) mass is 246 g/mol. The van der Waals surface area contributed by atoms with Crippen molar-refractivity contribution >= 4 is 11.5 Å². The summed E-state index contributed by atoms with van der Waals surface area (Å²) in [5.41, 5.74) is 0.802. The predicted octanol–water partition coefficient (Wildman–Crippen LogP) is 0.939. The molecule has 0 amide bonds. The maximum absolute atomic E-state index is 4.35. The van der Waals surface area contributed by atoms with E-state index in [9.17, 15) is 0 Å². The topological polar surface area (TPSA) is 58.4 Å². The zero-order valence-electron chi connectivity index (χ0n) is 10.8. The molecular formula is C12H18N6. The van der Waals surface area contributed by atoms with E-state index >= 15 is 0 Å². The van der Waals surface area contributed by atoms with E-state index in [2.05, 4.69) is 32.4 Å². The van der Waals surface area contributed by atoms with Crippen LogP contribution in [0.2, 0.25) is 0 Å². The Kier molecular flexibility index (Phi) is 2.87. The molecule has 1 atom stereocenters. The van der Waals surface area contributed by atoms with Crippen molar-refractivity contribution in [2.75, 3.05) is 25.5 Å². The van der Waals surface area contributed by atoms with E-state index in [1.54, 1.807) is 6.20 Å². The Morgan fingerprint density at radius 1 is 1.44 bits per heavy atom. The first-order valence-corrected chi connectivity index (χ1v) is 6.36. The molecular weight excluding hydrogens is 228 g/mol. The number of hydrogen-bond acceptors (Lipinski definition) is 5. The molecule has 1 aliphatic heterocycles. The summed E-state index contributed by atoms with van der Waals surface area (Å²) in [5, 5.41) is 11.6. The average molecular weight is 246 g/mol. The number of anilines is 1. The lowest BCUT2D eigenvalue weighted by Gasteiger charge is -2.19. The molecule has 3 heterocycles. The van der Waals surface area contributed by atoms with Crippen molar-refractivity contribution in [3.63, 3.8) is 0 Å². The molecule has 1 unspecified atom stereocenters. The minimum atomic E-state index is 0.594. The molecule has 3 rings (SSSR count). The van der Waals surface area contributed by atoms with Gasteiger partial charge in [0.1, 0.15) is 5.82 Å². The molecule has 1 N–H and O–H groups in total. The Morgan fingerprint density at radius 3 is 3.11 bits per heavy atom. The van der Waals surface area contributed by atoms with Gasteiger partial charge in [0.15, 0.2) is 5.82 Å². The van der Waals surface area contributed by atoms with Crippen LogP contribution in [0.1, 0.15) is 18.7 Å². The van der Waals surface area contributed by atoms with Crippen molar-refractivity contribution in [3.8, 4) is 0 Å². The molecule has 2 aromatic heterocycles. The first-order valence-electron chi connectivity index (χ1n) is 6.36. The van der Waals surface area contributed by atoms with Gasteiger partial charge < -0.3 is 10.2 Å². The third-order valence-corrected chi connectivity index (χ3v) is 3.67. The van der Waals surface area contributed by atoms with E-state index in [1.807, 2.05) is 17.5 Å². The first-order chi connectivity index (χ1) is 8.75. The molecule has 0 aromatic carbocycles. The Balaban J connectivity index is 1.78. The summed E-state index contributed by atoms with van der Waals surface area (Å²) >= 11 is 0. The highest BCUT2D eigenvalue weighted by Gasteiger charge is 2.20. The fourth-order valence-electron chi connectivity index (χ4n) is 2.52. The van der Waals surface area contributed by atoms with Gasteiger partial charge in [-0.1, -0.05) is 0 Å². The van der Waals surface area contributed by atoms with Gasteiger partial charge in [0, 0.05) is 25.0 Å². The third-order valence-electron chi connectivity index (χ3n) is 3.67. The normalized spacial score (nSPS) is 20.7. The maximum Gasteiger partial charge on any atom is 0.203 e. The zero-order chi connectivity index (χ0) is 12.5. The second-order valence-electron chi connectivity index (χ2n) is 4.87. The summed E-state index contributed by atoms with van der Waals surface area (Å²) in [6.45, 7) is 4.04. The number of nitrogens with one attached hydrogen (secondary N) is 1. The van der Waals surface area contributed by atoms with Crippen LogP contribution in [0.5, 0.6) is 0 Å². The molecule has 6 nitrogen and oxygen atoms in total. The summed E-state index contributed by atoms with van der Waals surface area (Å²) in [6.07, 6.45) is 6.20. The van der Waals surface area contributed by atoms with E-state index in [0.29, 0.717) is 6.04 Å². The van der Waals surface area contributed by atoms with Crippen molar-refractivity contribution in [1.82, 2.24) is 24.5 Å². The Morgan fingerprint density at radius 2 is 2.33 bits per heavy atom. The fraction of sp³-hybridized carbons (Fsp3) is 0.583. The van der Waals surface area contributed by atoms with Crippen LogP contribution in [0.25, 0.3) is 5.65 Å². The second kappa shape index (κ2) is 4.53. The number of rotatable bonds is 3. The highest BCUT2D eigenvalue weighted by molar-refractivity contribution is 5.61. The quantitative estimate of drug-likeness (QED) is 0.873. The molecule has 1 aliphatic rings. The molecule has 0 saturated carbocycles. The number of fused-ring (bicyclic) bond motifs is 1. The van der Waals surface area contributed by atoms with Gasteiger partial charge in [-0.3, -0.25) is 4.40 Å². The SMILES string of the molecule is Cc1nnc2c(NCC3CCCN3C)nccn12. The van der Waals surface area contributed by atoms with Gasteiger partial charge in [-0.05, 0) is 33.4 Å². The molecule has 96 valence electrons. The van der Waals surface area contributed by atoms with Crippen LogP contribution in [-0.2, 0) is 0 Å². The van der Waals surface area contributed by atoms with E-state index < -0.39 is 0 Å². The largest absolute Gasteiger partial charge is 0.365 e. The van der Waals surface area contributed by atoms with Crippen LogP contribution >= 0.6 is 0 Å². The Labute approximate surface area is 106 Å². The fourth-order valence-corrected chi connectivity index (χ4v) is 2.52. The van der Waals surface area contributed by atoms with Crippen molar-refractivity contribution in [2.24, 2.45) is 0 Å². The lowest BCUT2D eigenvalue weighted by molar-refractivity contribution is 0.322. The molecule has 1 saturated heterocycles. The van der Waals surface area contributed by atoms with Crippen LogP contribution in [0.4, 0.5) is 5.82 Å². The minimum absolute atomic E-state index is 0.594. The summed E-state index contributed by atoms with van der Waals surface area (Å²) in [5.74, 6) is 1.70. The maximum atomic E-state index is 4.35. The third kappa shape index (κ3) is 1.92. The van der Waals surface area contributed by atoms with E-state index in [-0.39, 0.29) is 0 Å². The summed E-state index contributed by atoms with van der Waals surface area (Å²) in [4.78, 5) is 6.74. The van der Waals surface area contributed by atoms with Gasteiger partial charge in [-0.25, -0.2) is 4.98 Å². The van der Waals surface area contributed by atoms with Crippen LogP contribution in [0, 0.1) is 6.92 Å². The standard InChI is InChI=1S/C12H18N6/c1-9-15-16-12-11(13-5-7-18(9)12)14-8-10-4-3-6-17(10)2/h5,7,10H,3-4,6,8H2,1-2H3,(H,13,14). The van der Waals surface area contributed by atoms with Crippen molar-refractivity contribution < 1.29 is 0 Å². The number of likely N-dealkylation sites (tertiary alicyclic amines) is 1. The summed E-state index contributed by atoms with van der Waals surface area (Å²) in [7, 11) is 2.18. The summed E-state index contributed by atoms with van der Waals surface area (Å²) < 4.78 is 1.95. The molecule has 6 heteroatoms. The average Bonchev–Trinajstić information content (AvgIpc) is 2.95. The first kappa shape index (κ1) is 11.4. The molecule has 0 radical (unpaired) electrons. The smallest absolute Gasteiger partial charge is 0.203 e. The van der Waals surface area contributed by atoms with E-state index in [4.69, 9.17) is 0 Å². The number of hydrogen-bond donors (Lipinski definition) is 1. The number of aromatic nitrogens is 4. The lowest BCUT2D eigenvalue weighted by Crippen LogP contribution is -2.31. The van der Waals surface area contributed by atoms with Gasteiger partial charge in [0.2, 0.25) is 5.65 Å². The van der Waals surface area contributed by atoms with Gasteiger partial charge >= 0.3 is 0 Å². The van der Waals surface area contributed by atoms with Gasteiger partial charge in [-0.15, -0.1) is 10.2 Å². The van der Waals surface area contributed by atoms with E-state index in [0.717, 1.165) is 23.8 Å². The lowest BCUT2D eigenvalue weighted by atomic mass is 10.2. The van der Waals surface area contributed by atoms with Gasteiger partial charge in [0.25, 0.3) is 0 Å². The van der Waals surface area contributed by atoms with Gasteiger partial charge in [-0.2, -0.15) is 0 Å². The van der Waals surface area contributed by atoms with Crippen LogP contribution in [0.15, 0.2) is 12.4 Å². The van der Waals surface area contributed by atoms with E-state index in [1.165, 1.54) is 19.4 Å². The minimum Gasteiger partial charge on any atom is -0.365 e. The van der Waals surface area contributed by atoms with Crippen molar-refractivity contribution in [2.45, 2.75) is 25.8 Å². The molecule has 1 fully saturated rings. The molecule has 18 heavy (non-hydrogen) atoms. The van der Waals surface area contributed by atoms with Gasteiger partial charge in [0.05, 0.1) is 0 Å². The summed E-state index contributed by atoms with van der Waals surface area (Å²) in [6, 6.07) is 0.594. The molecule has 2 aromatic rings. The zero-order valence-corrected chi connectivity index (χ0v) is 10.8. The Hall–Kier alpha value is -1.69. The van der Waals surface area contributed by atoms with Crippen molar-refractivity contribution in [1.29, 1.82) is 0 Å². The number of aryl methyl sites for hydroxylation is 1. The molecule has 0 aliphatic carbocycles. The molecule has 0 bridgehead atoms. The Bertz CT molecular complexity index is 548. The second-order valence-corrected chi connectivity index (χ2v) is 4.87. The van der Waals surface area contributed by atoms with Crippen molar-refractivity contribution in [3.05, 3.63) is 18.2 Å². The molecule has 0 spiro atoms. The number of nitrogens with zero attached hydrogens (tertiary/aromatic N) is 5. The predicted molar refractivity (Wildman–Crippen MR) is 69.7 cm³/mol. The van der Waals surface area contributed by atoms with Crippen LogP contribution in [-0.4, -0.2) is 50.7 Å². The van der Waals surface area contributed by atoms with Crippen LogP contribution < -0.4 is 5.32 Å².